The third kappa shape index (κ3) is 5.68. The highest BCUT2D eigenvalue weighted by atomic mass is 15.1. The van der Waals surface area contributed by atoms with E-state index in [0.717, 1.165) is 18.9 Å². The lowest BCUT2D eigenvalue weighted by atomic mass is 10.1. The number of pyridine rings is 1. The molecule has 1 N–H and O–H groups in total. The Labute approximate surface area is 105 Å². The van der Waals surface area contributed by atoms with Crippen LogP contribution in [0.2, 0.25) is 0 Å². The monoisotopic (exact) mass is 235 g/mol. The Balaban J connectivity index is 2.19. The molecule has 1 aromatic rings. The van der Waals surface area contributed by atoms with E-state index in [1.165, 1.54) is 19.4 Å². The average molecular weight is 235 g/mol. The number of nitrogens with one attached hydrogen (secondary N) is 1. The summed E-state index contributed by atoms with van der Waals surface area (Å²) in [5.74, 6) is 0.975. The second-order valence-corrected chi connectivity index (χ2v) is 4.43. The van der Waals surface area contributed by atoms with Crippen LogP contribution in [0.3, 0.4) is 0 Å². The van der Waals surface area contributed by atoms with Crippen LogP contribution in [0.5, 0.6) is 0 Å². The van der Waals surface area contributed by atoms with Crippen LogP contribution in [0.25, 0.3) is 0 Å². The molecule has 0 amide bonds. The van der Waals surface area contributed by atoms with Crippen molar-refractivity contribution in [2.75, 3.05) is 25.0 Å². The summed E-state index contributed by atoms with van der Waals surface area (Å²) < 4.78 is 0. The lowest BCUT2D eigenvalue weighted by molar-refractivity contribution is 0.295. The number of anilines is 1. The van der Waals surface area contributed by atoms with Crippen LogP contribution in [0.15, 0.2) is 24.4 Å². The van der Waals surface area contributed by atoms with E-state index in [4.69, 9.17) is 0 Å². The van der Waals surface area contributed by atoms with Crippen LogP contribution in [0.1, 0.15) is 33.6 Å². The van der Waals surface area contributed by atoms with Gasteiger partial charge < -0.3 is 10.2 Å². The number of hydrogen-bond acceptors (Lipinski definition) is 3. The molecule has 0 aliphatic rings. The van der Waals surface area contributed by atoms with E-state index in [1.807, 2.05) is 24.4 Å². The highest BCUT2D eigenvalue weighted by Crippen LogP contribution is 2.07. The molecule has 0 radical (unpaired) electrons. The van der Waals surface area contributed by atoms with Gasteiger partial charge in [0.15, 0.2) is 0 Å². The Morgan fingerprint density at radius 1 is 1.29 bits per heavy atom. The second-order valence-electron chi connectivity index (χ2n) is 4.43. The van der Waals surface area contributed by atoms with E-state index in [2.05, 4.69) is 36.0 Å². The van der Waals surface area contributed by atoms with E-state index in [0.29, 0.717) is 6.04 Å². The van der Waals surface area contributed by atoms with Gasteiger partial charge in [-0.25, -0.2) is 4.98 Å². The first-order chi connectivity index (χ1) is 8.26. The zero-order valence-electron chi connectivity index (χ0n) is 11.3. The lowest BCUT2D eigenvalue weighted by Crippen LogP contribution is -2.25. The zero-order chi connectivity index (χ0) is 12.5. The van der Waals surface area contributed by atoms with Crippen molar-refractivity contribution >= 4 is 5.82 Å². The highest BCUT2D eigenvalue weighted by molar-refractivity contribution is 5.33. The Bertz CT molecular complexity index is 283. The van der Waals surface area contributed by atoms with Crippen molar-refractivity contribution in [3.05, 3.63) is 24.4 Å². The molecular formula is C14H25N3. The SMILES string of the molecule is CCN(CC)CCC[C@@H](C)Nc1ccccn1. The van der Waals surface area contributed by atoms with Gasteiger partial charge in [-0.3, -0.25) is 0 Å². The molecule has 1 atom stereocenters. The van der Waals surface area contributed by atoms with Crippen molar-refractivity contribution in [1.29, 1.82) is 0 Å². The summed E-state index contributed by atoms with van der Waals surface area (Å²) in [5.41, 5.74) is 0. The Morgan fingerprint density at radius 2 is 2.06 bits per heavy atom. The highest BCUT2D eigenvalue weighted by Gasteiger charge is 2.04. The van der Waals surface area contributed by atoms with Crippen molar-refractivity contribution in [3.8, 4) is 0 Å². The van der Waals surface area contributed by atoms with Crippen molar-refractivity contribution in [2.45, 2.75) is 39.7 Å². The topological polar surface area (TPSA) is 28.2 Å². The van der Waals surface area contributed by atoms with Crippen molar-refractivity contribution in [3.63, 3.8) is 0 Å². The van der Waals surface area contributed by atoms with Crippen LogP contribution in [0, 0.1) is 0 Å². The molecule has 0 aromatic carbocycles. The van der Waals surface area contributed by atoms with Gasteiger partial charge in [-0.15, -0.1) is 0 Å². The number of nitrogens with zero attached hydrogens (tertiary/aromatic N) is 2. The van der Waals surface area contributed by atoms with Gasteiger partial charge in [0.1, 0.15) is 5.82 Å². The molecule has 0 aliphatic carbocycles. The van der Waals surface area contributed by atoms with Crippen LogP contribution < -0.4 is 5.32 Å². The second kappa shape index (κ2) is 8.07. The van der Waals surface area contributed by atoms with Gasteiger partial charge in [-0.05, 0) is 51.5 Å². The molecule has 0 fully saturated rings. The van der Waals surface area contributed by atoms with Gasteiger partial charge >= 0.3 is 0 Å². The molecule has 0 spiro atoms. The summed E-state index contributed by atoms with van der Waals surface area (Å²) >= 11 is 0. The molecule has 0 aliphatic heterocycles. The molecule has 1 heterocycles. The van der Waals surface area contributed by atoms with Gasteiger partial charge in [-0.2, -0.15) is 0 Å². The molecule has 17 heavy (non-hydrogen) atoms. The molecule has 1 aromatic heterocycles. The maximum absolute atomic E-state index is 4.27. The fraction of sp³-hybridized carbons (Fsp3) is 0.643. The number of aromatic nitrogens is 1. The van der Waals surface area contributed by atoms with Crippen LogP contribution in [-0.4, -0.2) is 35.6 Å². The smallest absolute Gasteiger partial charge is 0.126 e. The quantitative estimate of drug-likeness (QED) is 0.751. The summed E-state index contributed by atoms with van der Waals surface area (Å²) in [7, 11) is 0. The van der Waals surface area contributed by atoms with Crippen molar-refractivity contribution in [1.82, 2.24) is 9.88 Å². The summed E-state index contributed by atoms with van der Waals surface area (Å²) in [6, 6.07) is 6.45. The number of hydrogen-bond donors (Lipinski definition) is 1. The summed E-state index contributed by atoms with van der Waals surface area (Å²) in [5, 5.41) is 3.42. The van der Waals surface area contributed by atoms with E-state index < -0.39 is 0 Å². The fourth-order valence-corrected chi connectivity index (χ4v) is 1.93. The number of rotatable bonds is 8. The molecule has 96 valence electrons. The maximum atomic E-state index is 4.27. The van der Waals surface area contributed by atoms with Gasteiger partial charge in [-0.1, -0.05) is 19.9 Å². The Kier molecular flexibility index (Phi) is 6.63. The third-order valence-electron chi connectivity index (χ3n) is 3.07. The van der Waals surface area contributed by atoms with Gasteiger partial charge in [0, 0.05) is 12.2 Å². The van der Waals surface area contributed by atoms with Gasteiger partial charge in [0.05, 0.1) is 0 Å². The Hall–Kier alpha value is -1.09. The van der Waals surface area contributed by atoms with Crippen LogP contribution >= 0.6 is 0 Å². The van der Waals surface area contributed by atoms with Crippen molar-refractivity contribution in [2.24, 2.45) is 0 Å². The minimum atomic E-state index is 0.487. The predicted octanol–water partition coefficient (Wildman–Crippen LogP) is 3.00. The van der Waals surface area contributed by atoms with E-state index in [1.54, 1.807) is 0 Å². The predicted molar refractivity (Wildman–Crippen MR) is 74.3 cm³/mol. The molecule has 0 saturated carbocycles. The Morgan fingerprint density at radius 3 is 2.65 bits per heavy atom. The largest absolute Gasteiger partial charge is 0.368 e. The van der Waals surface area contributed by atoms with E-state index in [9.17, 15) is 0 Å². The van der Waals surface area contributed by atoms with Crippen LogP contribution in [-0.2, 0) is 0 Å². The normalized spacial score (nSPS) is 12.7. The molecular weight excluding hydrogens is 210 g/mol. The summed E-state index contributed by atoms with van der Waals surface area (Å²) in [4.78, 5) is 6.74. The molecule has 0 saturated heterocycles. The standard InChI is InChI=1S/C14H25N3/c1-4-17(5-2)12-8-9-13(3)16-14-10-6-7-11-15-14/h6-7,10-11,13H,4-5,8-9,12H2,1-3H3,(H,15,16)/t13-/m1/s1. The van der Waals surface area contributed by atoms with E-state index >= 15 is 0 Å². The molecule has 0 bridgehead atoms. The fourth-order valence-electron chi connectivity index (χ4n) is 1.93. The average Bonchev–Trinajstić information content (AvgIpc) is 2.36. The summed E-state index contributed by atoms with van der Waals surface area (Å²) in [6.45, 7) is 10.2. The van der Waals surface area contributed by atoms with Crippen LogP contribution in [0.4, 0.5) is 5.82 Å². The van der Waals surface area contributed by atoms with Gasteiger partial charge in [0.2, 0.25) is 0 Å². The van der Waals surface area contributed by atoms with Gasteiger partial charge in [0.25, 0.3) is 0 Å². The molecule has 3 heteroatoms. The lowest BCUT2D eigenvalue weighted by Gasteiger charge is -2.20. The third-order valence-corrected chi connectivity index (χ3v) is 3.07. The first-order valence-corrected chi connectivity index (χ1v) is 6.66. The minimum absolute atomic E-state index is 0.487. The minimum Gasteiger partial charge on any atom is -0.368 e. The first kappa shape index (κ1) is 14.0. The van der Waals surface area contributed by atoms with E-state index in [-0.39, 0.29) is 0 Å². The zero-order valence-corrected chi connectivity index (χ0v) is 11.3. The summed E-state index contributed by atoms with van der Waals surface area (Å²) in [6.07, 6.45) is 4.25. The molecule has 0 unspecified atom stereocenters. The maximum Gasteiger partial charge on any atom is 0.126 e. The van der Waals surface area contributed by atoms with Crippen molar-refractivity contribution < 1.29 is 0 Å². The first-order valence-electron chi connectivity index (χ1n) is 6.66. The molecule has 1 rings (SSSR count). The molecule has 3 nitrogen and oxygen atoms in total.